The molecule has 0 aromatic heterocycles. The van der Waals surface area contributed by atoms with Gasteiger partial charge in [0.25, 0.3) is 0 Å². The molecule has 3 N–H and O–H groups in total. The minimum atomic E-state index is 0.410. The molecule has 0 radical (unpaired) electrons. The first-order chi connectivity index (χ1) is 7.68. The number of hydrogen-bond donors (Lipinski definition) is 2. The molecule has 0 aliphatic heterocycles. The second-order valence-electron chi connectivity index (χ2n) is 5.37. The third kappa shape index (κ3) is 6.46. The summed E-state index contributed by atoms with van der Waals surface area (Å²) in [6.07, 6.45) is 6.04. The monoisotopic (exact) mass is 228 g/mol. The van der Waals surface area contributed by atoms with Crippen molar-refractivity contribution in [1.82, 2.24) is 5.32 Å². The number of nitrogens with one attached hydrogen (secondary N) is 1. The lowest BCUT2D eigenvalue weighted by molar-refractivity contribution is 0.121. The van der Waals surface area contributed by atoms with E-state index in [4.69, 9.17) is 10.5 Å². The molecule has 0 saturated heterocycles. The summed E-state index contributed by atoms with van der Waals surface area (Å²) in [5.74, 6) is 0.740. The number of ether oxygens (including phenoxy) is 1. The standard InChI is InChI=1S/C13H28N2O/c1-11(2)6-8-16-9-7-15-13-5-3-4-12(14)10-13/h11-13,15H,3-10,14H2,1-2H3. The summed E-state index contributed by atoms with van der Waals surface area (Å²) in [5, 5.41) is 3.54. The molecular weight excluding hydrogens is 200 g/mol. The van der Waals surface area contributed by atoms with Gasteiger partial charge >= 0.3 is 0 Å². The zero-order valence-electron chi connectivity index (χ0n) is 10.9. The van der Waals surface area contributed by atoms with E-state index in [1.807, 2.05) is 0 Å². The van der Waals surface area contributed by atoms with E-state index in [1.165, 1.54) is 19.3 Å². The van der Waals surface area contributed by atoms with Crippen molar-refractivity contribution < 1.29 is 4.74 Å². The van der Waals surface area contributed by atoms with E-state index < -0.39 is 0 Å². The Hall–Kier alpha value is -0.120. The first-order valence-electron chi connectivity index (χ1n) is 6.75. The lowest BCUT2D eigenvalue weighted by Gasteiger charge is -2.27. The second kappa shape index (κ2) is 8.04. The third-order valence-corrected chi connectivity index (χ3v) is 3.23. The van der Waals surface area contributed by atoms with Crippen LogP contribution < -0.4 is 11.1 Å². The van der Waals surface area contributed by atoms with Gasteiger partial charge in [0.05, 0.1) is 6.61 Å². The van der Waals surface area contributed by atoms with Crippen LogP contribution in [0.25, 0.3) is 0 Å². The van der Waals surface area contributed by atoms with E-state index in [9.17, 15) is 0 Å². The fraction of sp³-hybridized carbons (Fsp3) is 1.00. The summed E-state index contributed by atoms with van der Waals surface area (Å²) >= 11 is 0. The van der Waals surface area contributed by atoms with Gasteiger partial charge in [-0.15, -0.1) is 0 Å². The average Bonchev–Trinajstić information content (AvgIpc) is 2.23. The quantitative estimate of drug-likeness (QED) is 0.654. The van der Waals surface area contributed by atoms with Gasteiger partial charge in [-0.25, -0.2) is 0 Å². The van der Waals surface area contributed by atoms with Crippen molar-refractivity contribution in [3.63, 3.8) is 0 Å². The minimum Gasteiger partial charge on any atom is -0.380 e. The molecule has 1 aliphatic rings. The van der Waals surface area contributed by atoms with Crippen LogP contribution in [-0.2, 0) is 4.74 Å². The minimum absolute atomic E-state index is 0.410. The van der Waals surface area contributed by atoms with Gasteiger partial charge in [-0.1, -0.05) is 20.3 Å². The van der Waals surface area contributed by atoms with Gasteiger partial charge in [0.1, 0.15) is 0 Å². The molecule has 1 fully saturated rings. The van der Waals surface area contributed by atoms with E-state index in [0.29, 0.717) is 12.1 Å². The largest absolute Gasteiger partial charge is 0.380 e. The first kappa shape index (κ1) is 13.9. The Bertz CT molecular complexity index is 173. The van der Waals surface area contributed by atoms with Crippen LogP contribution in [0.2, 0.25) is 0 Å². The molecule has 96 valence electrons. The van der Waals surface area contributed by atoms with E-state index in [0.717, 1.165) is 38.5 Å². The highest BCUT2D eigenvalue weighted by Crippen LogP contribution is 2.16. The third-order valence-electron chi connectivity index (χ3n) is 3.23. The molecule has 0 spiro atoms. The van der Waals surface area contributed by atoms with Crippen molar-refractivity contribution >= 4 is 0 Å². The predicted molar refractivity (Wildman–Crippen MR) is 68.5 cm³/mol. The number of hydrogen-bond acceptors (Lipinski definition) is 3. The maximum Gasteiger partial charge on any atom is 0.0591 e. The lowest BCUT2D eigenvalue weighted by Crippen LogP contribution is -2.40. The van der Waals surface area contributed by atoms with Crippen molar-refractivity contribution in [2.75, 3.05) is 19.8 Å². The molecule has 0 amide bonds. The van der Waals surface area contributed by atoms with Crippen molar-refractivity contribution in [1.29, 1.82) is 0 Å². The maximum absolute atomic E-state index is 5.94. The topological polar surface area (TPSA) is 47.3 Å². The van der Waals surface area contributed by atoms with E-state index >= 15 is 0 Å². The van der Waals surface area contributed by atoms with Gasteiger partial charge in [-0.3, -0.25) is 0 Å². The summed E-state index contributed by atoms with van der Waals surface area (Å²) in [6.45, 7) is 7.15. The normalized spacial score (nSPS) is 26.2. The fourth-order valence-electron chi connectivity index (χ4n) is 2.17. The Labute approximate surface area is 100 Å². The number of rotatable bonds is 7. The number of nitrogens with two attached hydrogens (primary N) is 1. The molecule has 16 heavy (non-hydrogen) atoms. The predicted octanol–water partition coefficient (Wildman–Crippen LogP) is 1.91. The zero-order valence-corrected chi connectivity index (χ0v) is 10.9. The molecule has 0 bridgehead atoms. The van der Waals surface area contributed by atoms with Gasteiger partial charge in [-0.05, 0) is 31.6 Å². The van der Waals surface area contributed by atoms with Crippen LogP contribution in [0.5, 0.6) is 0 Å². The van der Waals surface area contributed by atoms with Crippen LogP contribution in [0.4, 0.5) is 0 Å². The molecule has 1 rings (SSSR count). The van der Waals surface area contributed by atoms with Crippen LogP contribution in [0.3, 0.4) is 0 Å². The first-order valence-corrected chi connectivity index (χ1v) is 6.75. The van der Waals surface area contributed by atoms with Crippen molar-refractivity contribution in [3.05, 3.63) is 0 Å². The van der Waals surface area contributed by atoms with Crippen LogP contribution in [0.15, 0.2) is 0 Å². The average molecular weight is 228 g/mol. The molecule has 0 aromatic carbocycles. The SMILES string of the molecule is CC(C)CCOCCNC1CCCC(N)C1. The van der Waals surface area contributed by atoms with Gasteiger partial charge in [-0.2, -0.15) is 0 Å². The van der Waals surface area contributed by atoms with Crippen molar-refractivity contribution in [2.24, 2.45) is 11.7 Å². The molecule has 2 unspecified atom stereocenters. The van der Waals surface area contributed by atoms with E-state index in [1.54, 1.807) is 0 Å². The van der Waals surface area contributed by atoms with Crippen LogP contribution in [-0.4, -0.2) is 31.8 Å². The maximum atomic E-state index is 5.94. The van der Waals surface area contributed by atoms with Gasteiger partial charge in [0.2, 0.25) is 0 Å². The van der Waals surface area contributed by atoms with Crippen molar-refractivity contribution in [3.8, 4) is 0 Å². The highest BCUT2D eigenvalue weighted by Gasteiger charge is 2.17. The van der Waals surface area contributed by atoms with Crippen LogP contribution in [0, 0.1) is 5.92 Å². The molecule has 2 atom stereocenters. The summed E-state index contributed by atoms with van der Waals surface area (Å²) in [4.78, 5) is 0. The smallest absolute Gasteiger partial charge is 0.0591 e. The summed E-state index contributed by atoms with van der Waals surface area (Å²) < 4.78 is 5.57. The second-order valence-corrected chi connectivity index (χ2v) is 5.37. The van der Waals surface area contributed by atoms with Gasteiger partial charge < -0.3 is 15.8 Å². The Morgan fingerprint density at radius 1 is 1.31 bits per heavy atom. The van der Waals surface area contributed by atoms with Crippen LogP contribution in [0.1, 0.15) is 46.0 Å². The lowest BCUT2D eigenvalue weighted by atomic mass is 9.92. The summed E-state index contributed by atoms with van der Waals surface area (Å²) in [5.41, 5.74) is 5.94. The Kier molecular flexibility index (Phi) is 7.01. The highest BCUT2D eigenvalue weighted by molar-refractivity contribution is 4.79. The van der Waals surface area contributed by atoms with Gasteiger partial charge in [0, 0.05) is 25.2 Å². The van der Waals surface area contributed by atoms with E-state index in [2.05, 4.69) is 19.2 Å². The fourth-order valence-corrected chi connectivity index (χ4v) is 2.17. The summed E-state index contributed by atoms with van der Waals surface area (Å²) in [7, 11) is 0. The van der Waals surface area contributed by atoms with Crippen molar-refractivity contribution in [2.45, 2.75) is 58.0 Å². The molecule has 0 aromatic rings. The van der Waals surface area contributed by atoms with Gasteiger partial charge in [0.15, 0.2) is 0 Å². The molecule has 3 heteroatoms. The molecular formula is C13H28N2O. The Morgan fingerprint density at radius 3 is 2.81 bits per heavy atom. The molecule has 1 aliphatic carbocycles. The molecule has 0 heterocycles. The summed E-state index contributed by atoms with van der Waals surface area (Å²) in [6, 6.07) is 1.03. The Morgan fingerprint density at radius 2 is 2.12 bits per heavy atom. The van der Waals surface area contributed by atoms with Crippen LogP contribution >= 0.6 is 0 Å². The van der Waals surface area contributed by atoms with E-state index in [-0.39, 0.29) is 0 Å². The molecule has 1 saturated carbocycles. The zero-order chi connectivity index (χ0) is 11.8. The molecule has 3 nitrogen and oxygen atoms in total. The Balaban J connectivity index is 1.90. The highest BCUT2D eigenvalue weighted by atomic mass is 16.5.